The van der Waals surface area contributed by atoms with Crippen molar-refractivity contribution >= 4 is 17.3 Å². The number of halogens is 3. The Morgan fingerprint density at radius 2 is 2.00 bits per heavy atom. The number of carbonyl (C=O) groups excluding carboxylic acids is 1. The third-order valence-corrected chi connectivity index (χ3v) is 3.30. The van der Waals surface area contributed by atoms with Gasteiger partial charge < -0.3 is 15.4 Å². The van der Waals surface area contributed by atoms with Crippen LogP contribution in [0.4, 0.5) is 24.5 Å². The Balaban J connectivity index is 1.97. The third kappa shape index (κ3) is 5.75. The molecule has 8 heteroatoms. The van der Waals surface area contributed by atoms with Crippen LogP contribution in [0.3, 0.4) is 0 Å². The van der Waals surface area contributed by atoms with Gasteiger partial charge in [0, 0.05) is 25.9 Å². The van der Waals surface area contributed by atoms with Crippen LogP contribution >= 0.6 is 0 Å². The summed E-state index contributed by atoms with van der Waals surface area (Å²) >= 11 is 0. The number of carbonyl (C=O) groups is 1. The molecule has 1 aromatic heterocycles. The number of methoxy groups -OCH3 is 1. The van der Waals surface area contributed by atoms with Gasteiger partial charge in [-0.05, 0) is 36.8 Å². The average Bonchev–Trinajstić information content (AvgIpc) is 2.59. The number of nitrogens with zero attached hydrogens (tertiary/aromatic N) is 1. The van der Waals surface area contributed by atoms with E-state index in [4.69, 9.17) is 4.74 Å². The lowest BCUT2D eigenvalue weighted by Gasteiger charge is -2.10. The van der Waals surface area contributed by atoms with Crippen molar-refractivity contribution < 1.29 is 22.7 Å². The summed E-state index contributed by atoms with van der Waals surface area (Å²) in [6.45, 7) is 1.34. The minimum absolute atomic E-state index is 0.0587. The summed E-state index contributed by atoms with van der Waals surface area (Å²) in [6.07, 6.45) is -2.14. The first-order chi connectivity index (χ1) is 11.9. The highest BCUT2D eigenvalue weighted by Crippen LogP contribution is 2.30. The number of aromatic nitrogens is 1. The van der Waals surface area contributed by atoms with Crippen LogP contribution in [0.2, 0.25) is 0 Å². The van der Waals surface area contributed by atoms with Gasteiger partial charge in [-0.25, -0.2) is 4.98 Å². The molecule has 2 aromatic rings. The molecule has 2 rings (SSSR count). The van der Waals surface area contributed by atoms with Crippen LogP contribution in [0.15, 0.2) is 42.6 Å². The fraction of sp³-hybridized carbons (Fsp3) is 0.294. The quantitative estimate of drug-likeness (QED) is 0.743. The van der Waals surface area contributed by atoms with Crippen molar-refractivity contribution in [3.8, 4) is 0 Å². The number of nitrogens with one attached hydrogen (secondary N) is 2. The highest BCUT2D eigenvalue weighted by molar-refractivity contribution is 6.03. The van der Waals surface area contributed by atoms with E-state index in [-0.39, 0.29) is 11.4 Å². The smallest absolute Gasteiger partial charge is 0.385 e. The molecule has 0 aliphatic heterocycles. The summed E-state index contributed by atoms with van der Waals surface area (Å²) in [4.78, 5) is 16.1. The van der Waals surface area contributed by atoms with Crippen LogP contribution in [-0.2, 0) is 10.9 Å². The minimum atomic E-state index is -4.46. The molecular formula is C17H18F3N3O2. The average molecular weight is 353 g/mol. The first kappa shape index (κ1) is 18.7. The van der Waals surface area contributed by atoms with E-state index in [0.717, 1.165) is 24.2 Å². The molecule has 0 unspecified atom stereocenters. The van der Waals surface area contributed by atoms with Crippen molar-refractivity contribution in [1.29, 1.82) is 0 Å². The van der Waals surface area contributed by atoms with E-state index < -0.39 is 17.6 Å². The second-order valence-electron chi connectivity index (χ2n) is 5.24. The molecule has 1 aromatic carbocycles. The maximum atomic E-state index is 12.7. The van der Waals surface area contributed by atoms with Crippen LogP contribution in [0, 0.1) is 0 Å². The van der Waals surface area contributed by atoms with Gasteiger partial charge in [0.05, 0.1) is 17.4 Å². The van der Waals surface area contributed by atoms with Gasteiger partial charge in [0.25, 0.3) is 5.91 Å². The Hall–Kier alpha value is -2.61. The molecule has 5 nitrogen and oxygen atoms in total. The lowest BCUT2D eigenvalue weighted by Crippen LogP contribution is -2.15. The van der Waals surface area contributed by atoms with Crippen molar-refractivity contribution in [3.05, 3.63) is 53.9 Å². The van der Waals surface area contributed by atoms with Crippen molar-refractivity contribution in [3.63, 3.8) is 0 Å². The summed E-state index contributed by atoms with van der Waals surface area (Å²) in [5.41, 5.74) is 0.0869. The molecular weight excluding hydrogens is 335 g/mol. The number of hydrogen-bond donors (Lipinski definition) is 2. The number of rotatable bonds is 7. The van der Waals surface area contributed by atoms with Crippen LogP contribution in [0.1, 0.15) is 22.5 Å². The molecule has 0 saturated heterocycles. The van der Waals surface area contributed by atoms with Gasteiger partial charge in [0.15, 0.2) is 0 Å². The molecule has 0 spiro atoms. The summed E-state index contributed by atoms with van der Waals surface area (Å²) in [5, 5.41) is 5.53. The van der Waals surface area contributed by atoms with Crippen molar-refractivity contribution in [2.75, 3.05) is 30.9 Å². The molecule has 0 aliphatic rings. The number of alkyl halides is 3. The Morgan fingerprint density at radius 1 is 1.20 bits per heavy atom. The Kier molecular flexibility index (Phi) is 6.35. The van der Waals surface area contributed by atoms with Gasteiger partial charge in [-0.1, -0.05) is 6.07 Å². The van der Waals surface area contributed by atoms with Crippen LogP contribution in [0.5, 0.6) is 0 Å². The number of benzene rings is 1. The van der Waals surface area contributed by atoms with Gasteiger partial charge in [0.2, 0.25) is 0 Å². The highest BCUT2D eigenvalue weighted by Gasteiger charge is 2.30. The van der Waals surface area contributed by atoms with Gasteiger partial charge >= 0.3 is 6.18 Å². The fourth-order valence-electron chi connectivity index (χ4n) is 2.05. The van der Waals surface area contributed by atoms with Gasteiger partial charge in [0.1, 0.15) is 5.69 Å². The molecule has 0 aliphatic carbocycles. The predicted octanol–water partition coefficient (Wildman–Crippen LogP) is 3.80. The summed E-state index contributed by atoms with van der Waals surface area (Å²) in [7, 11) is 1.62. The second kappa shape index (κ2) is 8.48. The number of amides is 1. The first-order valence-corrected chi connectivity index (χ1v) is 7.57. The van der Waals surface area contributed by atoms with E-state index in [2.05, 4.69) is 15.6 Å². The summed E-state index contributed by atoms with van der Waals surface area (Å²) in [5.74, 6) is -0.578. The van der Waals surface area contributed by atoms with Gasteiger partial charge in [-0.15, -0.1) is 0 Å². The van der Waals surface area contributed by atoms with E-state index in [1.807, 2.05) is 0 Å². The lowest BCUT2D eigenvalue weighted by atomic mass is 10.2. The summed E-state index contributed by atoms with van der Waals surface area (Å²) in [6, 6.07) is 7.63. The standard InChI is InChI=1S/C17H18F3N3O2/c1-25-9-3-8-21-14-6-7-15(22-11-14)16(24)23-13-5-2-4-12(10-13)17(18,19)20/h2,4-7,10-11,21H,3,8-9H2,1H3,(H,23,24). The third-order valence-electron chi connectivity index (χ3n) is 3.30. The second-order valence-corrected chi connectivity index (χ2v) is 5.24. The van der Waals surface area contributed by atoms with Crippen LogP contribution < -0.4 is 10.6 Å². The molecule has 0 saturated carbocycles. The molecule has 1 amide bonds. The van der Waals surface area contributed by atoms with Crippen molar-refractivity contribution in [2.24, 2.45) is 0 Å². The normalized spacial score (nSPS) is 11.2. The predicted molar refractivity (Wildman–Crippen MR) is 88.6 cm³/mol. The molecule has 25 heavy (non-hydrogen) atoms. The fourth-order valence-corrected chi connectivity index (χ4v) is 2.05. The van der Waals surface area contributed by atoms with E-state index in [9.17, 15) is 18.0 Å². The molecule has 0 fully saturated rings. The van der Waals surface area contributed by atoms with Crippen LogP contribution in [0.25, 0.3) is 0 Å². The largest absolute Gasteiger partial charge is 0.416 e. The maximum Gasteiger partial charge on any atom is 0.416 e. The summed E-state index contributed by atoms with van der Waals surface area (Å²) < 4.78 is 43.0. The van der Waals surface area contributed by atoms with E-state index in [1.54, 1.807) is 13.2 Å². The topological polar surface area (TPSA) is 63.2 Å². The number of pyridine rings is 1. The number of anilines is 2. The zero-order valence-corrected chi connectivity index (χ0v) is 13.6. The molecule has 0 bridgehead atoms. The SMILES string of the molecule is COCCCNc1ccc(C(=O)Nc2cccc(C(F)(F)F)c2)nc1. The van der Waals surface area contributed by atoms with Gasteiger partial charge in [-0.3, -0.25) is 4.79 Å². The Labute approximate surface area is 143 Å². The molecule has 2 N–H and O–H groups in total. The van der Waals surface area contributed by atoms with E-state index in [0.29, 0.717) is 13.2 Å². The van der Waals surface area contributed by atoms with E-state index in [1.165, 1.54) is 24.4 Å². The minimum Gasteiger partial charge on any atom is -0.385 e. The Morgan fingerprint density at radius 3 is 2.64 bits per heavy atom. The van der Waals surface area contributed by atoms with Crippen LogP contribution in [-0.4, -0.2) is 31.2 Å². The molecule has 1 heterocycles. The van der Waals surface area contributed by atoms with Crippen molar-refractivity contribution in [2.45, 2.75) is 12.6 Å². The first-order valence-electron chi connectivity index (χ1n) is 7.57. The van der Waals surface area contributed by atoms with E-state index >= 15 is 0 Å². The zero-order chi connectivity index (χ0) is 18.3. The monoisotopic (exact) mass is 353 g/mol. The van der Waals surface area contributed by atoms with Gasteiger partial charge in [-0.2, -0.15) is 13.2 Å². The number of ether oxygens (including phenoxy) is 1. The zero-order valence-electron chi connectivity index (χ0n) is 13.6. The van der Waals surface area contributed by atoms with Crippen molar-refractivity contribution in [1.82, 2.24) is 4.98 Å². The highest BCUT2D eigenvalue weighted by atomic mass is 19.4. The Bertz CT molecular complexity index is 703. The molecule has 0 radical (unpaired) electrons. The maximum absolute atomic E-state index is 12.7. The number of hydrogen-bond acceptors (Lipinski definition) is 4. The molecule has 0 atom stereocenters. The molecule has 134 valence electrons. The lowest BCUT2D eigenvalue weighted by molar-refractivity contribution is -0.137.